The van der Waals surface area contributed by atoms with Crippen molar-refractivity contribution in [3.8, 4) is 22.3 Å². The van der Waals surface area contributed by atoms with Gasteiger partial charge in [-0.15, -0.1) is 0 Å². The number of aromatic nitrogens is 10. The highest BCUT2D eigenvalue weighted by Gasteiger charge is 2.24. The fourth-order valence-electron chi connectivity index (χ4n) is 9.83. The number of amides is 1. The molecule has 11 rings (SSSR count). The summed E-state index contributed by atoms with van der Waals surface area (Å²) in [6.45, 7) is 11.4. The van der Waals surface area contributed by atoms with Gasteiger partial charge in [-0.25, -0.2) is 9.97 Å². The summed E-state index contributed by atoms with van der Waals surface area (Å²) in [5, 5.41) is 17.1. The molecule has 0 atom stereocenters. The SMILES string of the molecule is CC(=O)NC1CCC(Nc2nc(NCc3ccc(-c4cccnc4)cc3)c3ncn(C(C)C)c3n2)CC1.CC(C)n1cnc2c(NCc3ccc(-c4cccnc4)cc3)nc(NC3CCC(N)CC3)nc21.Nc1ccc(N)cc1. The van der Waals surface area contributed by atoms with E-state index in [4.69, 9.17) is 37.1 Å². The zero-order valence-corrected chi connectivity index (χ0v) is 45.8. The van der Waals surface area contributed by atoms with Crippen LogP contribution >= 0.6 is 0 Å². The predicted octanol–water partition coefficient (Wildman–Crippen LogP) is 10.6. The fraction of sp³-hybridized carbons (Fsp3) is 0.350. The Balaban J connectivity index is 0.000000168. The van der Waals surface area contributed by atoms with Crippen molar-refractivity contribution in [2.24, 2.45) is 5.73 Å². The molecule has 1 amide bonds. The standard InChI is InChI=1S/C28H34N8O.C26H32N8.C6H8N2/c1-18(2)36-17-31-25-26(30-15-20-6-8-21(9-7-20)22-5-4-14-29-16-22)34-28(35-27(25)36)33-24-12-10-23(11-13-24)32-19(3)37;1-17(2)34-16-30-23-24(32-26(33-25(23)34)31-22-11-9-21(27)10-12-22)29-14-18-5-7-19(8-6-18)20-4-3-13-28-15-20;7-5-1-2-6(8)4-3-5/h4-9,14,16-18,23-24H,10-13,15H2,1-3H3,(H,32,37)(H2,30,33,34,35);3-8,13,15-17,21-22H,9-12,14,27H2,1-2H3,(H2,29,31,32,33);1-4H,7-8H2. The lowest BCUT2D eigenvalue weighted by Crippen LogP contribution is -2.39. The number of nitrogens with two attached hydrogens (primary N) is 3. The highest BCUT2D eigenvalue weighted by molar-refractivity contribution is 5.85. The maximum absolute atomic E-state index is 11.4. The molecule has 2 saturated carbocycles. The van der Waals surface area contributed by atoms with E-state index in [0.717, 1.165) is 125 Å². The Hall–Kier alpha value is -8.71. The normalized spacial score (nSPS) is 17.1. The van der Waals surface area contributed by atoms with Gasteiger partial charge in [0.1, 0.15) is 0 Å². The Morgan fingerprint density at radius 3 is 1.33 bits per heavy atom. The molecule has 6 heterocycles. The second-order valence-electron chi connectivity index (χ2n) is 21.0. The minimum absolute atomic E-state index is 0.0366. The molecule has 0 spiro atoms. The van der Waals surface area contributed by atoms with Crippen LogP contribution in [-0.4, -0.2) is 79.1 Å². The molecule has 410 valence electrons. The smallest absolute Gasteiger partial charge is 0.227 e. The molecule has 9 aromatic rings. The molecule has 0 unspecified atom stereocenters. The van der Waals surface area contributed by atoms with E-state index in [2.05, 4.69) is 144 Å². The molecule has 3 aromatic carbocycles. The van der Waals surface area contributed by atoms with E-state index < -0.39 is 0 Å². The van der Waals surface area contributed by atoms with Crippen LogP contribution in [0, 0.1) is 0 Å². The minimum Gasteiger partial charge on any atom is -0.399 e. The molecule has 0 aliphatic heterocycles. The van der Waals surface area contributed by atoms with Gasteiger partial charge in [0, 0.05) is 92.4 Å². The summed E-state index contributed by atoms with van der Waals surface area (Å²) in [6.07, 6.45) is 19.0. The Morgan fingerprint density at radius 2 is 0.949 bits per heavy atom. The first-order valence-corrected chi connectivity index (χ1v) is 27.4. The first-order valence-electron chi connectivity index (χ1n) is 27.4. The van der Waals surface area contributed by atoms with Gasteiger partial charge < -0.3 is 52.9 Å². The summed E-state index contributed by atoms with van der Waals surface area (Å²) in [5.41, 5.74) is 28.3. The number of imidazole rings is 2. The second kappa shape index (κ2) is 26.1. The number of carbonyl (C=O) groups excluding carboxylic acids is 1. The lowest BCUT2D eigenvalue weighted by Gasteiger charge is -2.29. The van der Waals surface area contributed by atoms with Gasteiger partial charge in [-0.3, -0.25) is 14.8 Å². The Bertz CT molecular complexity index is 3330. The van der Waals surface area contributed by atoms with E-state index in [-0.39, 0.29) is 30.1 Å². The number of nitrogens with one attached hydrogen (secondary N) is 5. The molecule has 6 aromatic heterocycles. The van der Waals surface area contributed by atoms with Gasteiger partial charge in [0.15, 0.2) is 34.0 Å². The molecule has 19 nitrogen and oxygen atoms in total. The highest BCUT2D eigenvalue weighted by atomic mass is 16.1. The van der Waals surface area contributed by atoms with Gasteiger partial charge >= 0.3 is 0 Å². The van der Waals surface area contributed by atoms with Crippen LogP contribution in [0.4, 0.5) is 34.9 Å². The number of benzene rings is 3. The maximum Gasteiger partial charge on any atom is 0.227 e. The molecule has 19 heteroatoms. The number of anilines is 6. The van der Waals surface area contributed by atoms with Crippen molar-refractivity contribution in [1.29, 1.82) is 0 Å². The quantitative estimate of drug-likeness (QED) is 0.0444. The number of nitrogens with zero attached hydrogens (tertiary/aromatic N) is 10. The molecule has 2 fully saturated rings. The fourth-order valence-corrected chi connectivity index (χ4v) is 9.83. The second-order valence-corrected chi connectivity index (χ2v) is 21.0. The maximum atomic E-state index is 11.4. The van der Waals surface area contributed by atoms with Crippen molar-refractivity contribution in [1.82, 2.24) is 54.3 Å². The van der Waals surface area contributed by atoms with E-state index >= 15 is 0 Å². The third kappa shape index (κ3) is 14.9. The lowest BCUT2D eigenvalue weighted by atomic mass is 9.91. The molecular weight excluding hydrogens is 989 g/mol. The molecule has 0 saturated heterocycles. The van der Waals surface area contributed by atoms with Gasteiger partial charge in [-0.1, -0.05) is 60.7 Å². The van der Waals surface area contributed by atoms with Crippen molar-refractivity contribution in [2.45, 2.75) is 135 Å². The summed E-state index contributed by atoms with van der Waals surface area (Å²) in [6, 6.07) is 33.8. The lowest BCUT2D eigenvalue weighted by molar-refractivity contribution is -0.119. The van der Waals surface area contributed by atoms with Crippen LogP contribution in [0.1, 0.15) is 109 Å². The first kappa shape index (κ1) is 55.1. The summed E-state index contributed by atoms with van der Waals surface area (Å²) in [7, 11) is 0. The average molecular weight is 1060 g/mol. The number of nitrogen functional groups attached to an aromatic ring is 2. The van der Waals surface area contributed by atoms with Crippen molar-refractivity contribution in [3.63, 3.8) is 0 Å². The van der Waals surface area contributed by atoms with E-state index in [1.54, 1.807) is 43.6 Å². The van der Waals surface area contributed by atoms with Gasteiger partial charge in [-0.05, 0) is 149 Å². The van der Waals surface area contributed by atoms with E-state index in [0.29, 0.717) is 37.1 Å². The van der Waals surface area contributed by atoms with E-state index in [9.17, 15) is 4.79 Å². The molecule has 2 aliphatic carbocycles. The summed E-state index contributed by atoms with van der Waals surface area (Å²) in [5.74, 6) is 2.75. The summed E-state index contributed by atoms with van der Waals surface area (Å²) >= 11 is 0. The molecule has 2 aliphatic rings. The van der Waals surface area contributed by atoms with Gasteiger partial charge in [-0.2, -0.15) is 19.9 Å². The molecular formula is C60H74N18O. The predicted molar refractivity (Wildman–Crippen MR) is 318 cm³/mol. The van der Waals surface area contributed by atoms with Crippen LogP contribution in [0.5, 0.6) is 0 Å². The number of pyridine rings is 2. The monoisotopic (exact) mass is 1060 g/mol. The van der Waals surface area contributed by atoms with E-state index in [1.165, 1.54) is 5.56 Å². The minimum atomic E-state index is 0.0366. The van der Waals surface area contributed by atoms with Crippen LogP contribution in [0.15, 0.2) is 135 Å². The third-order valence-electron chi connectivity index (χ3n) is 14.3. The van der Waals surface area contributed by atoms with Gasteiger partial charge in [0.25, 0.3) is 0 Å². The Morgan fingerprint density at radius 1 is 0.544 bits per heavy atom. The number of hydrogen-bond donors (Lipinski definition) is 8. The third-order valence-corrected chi connectivity index (χ3v) is 14.3. The topological polar surface area (TPSA) is 268 Å². The number of rotatable bonds is 15. The number of fused-ring (bicyclic) bond motifs is 2. The Labute approximate surface area is 462 Å². The average Bonchev–Trinajstić information content (AvgIpc) is 4.26. The van der Waals surface area contributed by atoms with Crippen molar-refractivity contribution < 1.29 is 4.79 Å². The zero-order valence-electron chi connectivity index (χ0n) is 45.8. The number of hydrogen-bond acceptors (Lipinski definition) is 16. The Kier molecular flexibility index (Phi) is 18.2. The van der Waals surface area contributed by atoms with Crippen LogP contribution in [0.2, 0.25) is 0 Å². The molecule has 11 N–H and O–H groups in total. The molecule has 0 radical (unpaired) electrons. The van der Waals surface area contributed by atoms with Crippen LogP contribution in [0.3, 0.4) is 0 Å². The summed E-state index contributed by atoms with van der Waals surface area (Å²) in [4.78, 5) is 48.4. The van der Waals surface area contributed by atoms with Crippen molar-refractivity contribution >= 4 is 63.1 Å². The highest BCUT2D eigenvalue weighted by Crippen LogP contribution is 2.29. The van der Waals surface area contributed by atoms with Crippen LogP contribution in [-0.2, 0) is 17.9 Å². The van der Waals surface area contributed by atoms with Gasteiger partial charge in [0.05, 0.1) is 12.7 Å². The van der Waals surface area contributed by atoms with Crippen molar-refractivity contribution in [3.05, 3.63) is 146 Å². The van der Waals surface area contributed by atoms with Crippen molar-refractivity contribution in [2.75, 3.05) is 32.7 Å². The van der Waals surface area contributed by atoms with Crippen LogP contribution in [0.25, 0.3) is 44.6 Å². The van der Waals surface area contributed by atoms with E-state index in [1.807, 2.05) is 37.2 Å². The molecule has 79 heavy (non-hydrogen) atoms. The molecule has 0 bridgehead atoms. The van der Waals surface area contributed by atoms with Gasteiger partial charge in [0.2, 0.25) is 17.8 Å². The largest absolute Gasteiger partial charge is 0.399 e. The first-order chi connectivity index (χ1) is 38.3. The van der Waals surface area contributed by atoms with Crippen LogP contribution < -0.4 is 43.8 Å². The zero-order chi connectivity index (χ0) is 55.3. The summed E-state index contributed by atoms with van der Waals surface area (Å²) < 4.78 is 4.16. The number of carbonyl (C=O) groups is 1.